The van der Waals surface area contributed by atoms with Crippen LogP contribution in [-0.2, 0) is 6.18 Å². The van der Waals surface area contributed by atoms with E-state index < -0.39 is 35.8 Å². The third-order valence-electron chi connectivity index (χ3n) is 3.56. The molecule has 0 aliphatic heterocycles. The van der Waals surface area contributed by atoms with Gasteiger partial charge in [-0.05, 0) is 24.6 Å². The van der Waals surface area contributed by atoms with Gasteiger partial charge in [0.15, 0.2) is 12.3 Å². The number of rotatable bonds is 3. The van der Waals surface area contributed by atoms with E-state index in [0.29, 0.717) is 5.69 Å². The van der Waals surface area contributed by atoms with E-state index >= 15 is 0 Å². The Labute approximate surface area is 147 Å². The van der Waals surface area contributed by atoms with E-state index in [1.165, 1.54) is 6.20 Å². The van der Waals surface area contributed by atoms with Crippen LogP contribution in [0.4, 0.5) is 26.3 Å². The Morgan fingerprint density at radius 3 is 2.30 bits per heavy atom. The molecule has 0 aliphatic rings. The van der Waals surface area contributed by atoms with Crippen molar-refractivity contribution in [1.29, 1.82) is 0 Å². The van der Waals surface area contributed by atoms with Crippen molar-refractivity contribution in [2.45, 2.75) is 19.3 Å². The summed E-state index contributed by atoms with van der Waals surface area (Å²) in [6, 6.07) is 4.26. The van der Waals surface area contributed by atoms with Crippen LogP contribution < -0.4 is 10.3 Å². The number of alkyl halides is 6. The molecule has 1 aromatic carbocycles. The number of aromatic nitrogens is 3. The lowest BCUT2D eigenvalue weighted by molar-refractivity contribution is -0.153. The van der Waals surface area contributed by atoms with Gasteiger partial charge in [-0.1, -0.05) is 12.1 Å². The minimum atomic E-state index is -4.91. The number of fused-ring (bicyclic) bond motifs is 1. The number of nitrogens with one attached hydrogen (secondary N) is 1. The van der Waals surface area contributed by atoms with E-state index in [9.17, 15) is 31.1 Å². The number of ether oxygens (including phenoxy) is 1. The number of aromatic amines is 1. The summed E-state index contributed by atoms with van der Waals surface area (Å²) in [5, 5.41) is 0. The highest BCUT2D eigenvalue weighted by molar-refractivity contribution is 5.67. The minimum absolute atomic E-state index is 0.146. The first-order valence-corrected chi connectivity index (χ1v) is 7.45. The average molecular weight is 391 g/mol. The van der Waals surface area contributed by atoms with Gasteiger partial charge >= 0.3 is 12.4 Å². The van der Waals surface area contributed by atoms with Gasteiger partial charge in [0.1, 0.15) is 5.75 Å². The fraction of sp³-hybridized carbons (Fsp3) is 0.250. The molecule has 144 valence electrons. The summed E-state index contributed by atoms with van der Waals surface area (Å²) >= 11 is 0. The summed E-state index contributed by atoms with van der Waals surface area (Å²) in [5.41, 5.74) is -2.77. The van der Waals surface area contributed by atoms with E-state index in [-0.39, 0.29) is 17.1 Å². The van der Waals surface area contributed by atoms with Crippen molar-refractivity contribution < 1.29 is 31.1 Å². The van der Waals surface area contributed by atoms with Gasteiger partial charge in [0.2, 0.25) is 5.78 Å². The van der Waals surface area contributed by atoms with Crippen LogP contribution in [0.25, 0.3) is 16.9 Å². The first kappa shape index (κ1) is 18.8. The van der Waals surface area contributed by atoms with Crippen molar-refractivity contribution in [1.82, 2.24) is 14.4 Å². The molecule has 1 N–H and O–H groups in total. The molecule has 0 atom stereocenters. The quantitative estimate of drug-likeness (QED) is 0.688. The molecule has 2 aromatic heterocycles. The van der Waals surface area contributed by atoms with Gasteiger partial charge in [-0.2, -0.15) is 26.3 Å². The Balaban J connectivity index is 2.10. The maximum Gasteiger partial charge on any atom is 0.434 e. The molecule has 11 heteroatoms. The fourth-order valence-electron chi connectivity index (χ4n) is 2.49. The van der Waals surface area contributed by atoms with Crippen molar-refractivity contribution in [3.05, 3.63) is 52.2 Å². The molecule has 0 saturated carbocycles. The van der Waals surface area contributed by atoms with Crippen molar-refractivity contribution >= 4 is 5.78 Å². The standard InChI is InChI=1S/C16H11F6N3O2/c1-8-6-25-13(26)11(12(16(20,21)22)24-14(25)23-8)9-2-4-10(5-3-9)27-7-15(17,18)19/h2-6H,7H2,1H3,(H,23,24). The van der Waals surface area contributed by atoms with E-state index in [0.717, 1.165) is 28.7 Å². The molecule has 5 nitrogen and oxygen atoms in total. The second-order valence-corrected chi connectivity index (χ2v) is 5.70. The van der Waals surface area contributed by atoms with Gasteiger partial charge in [-0.15, -0.1) is 0 Å². The van der Waals surface area contributed by atoms with Crippen LogP contribution in [0.5, 0.6) is 5.75 Å². The highest BCUT2D eigenvalue weighted by atomic mass is 19.4. The fourth-order valence-corrected chi connectivity index (χ4v) is 2.49. The Morgan fingerprint density at radius 1 is 1.11 bits per heavy atom. The lowest BCUT2D eigenvalue weighted by Gasteiger charge is -2.13. The monoisotopic (exact) mass is 391 g/mol. The molecule has 0 aliphatic carbocycles. The second kappa shape index (κ2) is 6.32. The van der Waals surface area contributed by atoms with E-state index in [1.54, 1.807) is 6.92 Å². The molecular formula is C16H11F6N3O2. The van der Waals surface area contributed by atoms with Crippen LogP contribution in [-0.4, -0.2) is 27.2 Å². The highest BCUT2D eigenvalue weighted by Crippen LogP contribution is 2.34. The van der Waals surface area contributed by atoms with Crippen molar-refractivity contribution in [3.63, 3.8) is 0 Å². The molecule has 3 aromatic rings. The third-order valence-corrected chi connectivity index (χ3v) is 3.56. The number of halogens is 6. The molecule has 0 bridgehead atoms. The first-order valence-electron chi connectivity index (χ1n) is 7.45. The zero-order valence-electron chi connectivity index (χ0n) is 13.6. The van der Waals surface area contributed by atoms with Gasteiger partial charge in [0, 0.05) is 11.9 Å². The second-order valence-electron chi connectivity index (χ2n) is 5.70. The molecule has 0 unspecified atom stereocenters. The normalized spacial score (nSPS) is 12.6. The topological polar surface area (TPSA) is 59.4 Å². The smallest absolute Gasteiger partial charge is 0.434 e. The van der Waals surface area contributed by atoms with E-state index in [4.69, 9.17) is 0 Å². The van der Waals surface area contributed by atoms with Crippen LogP contribution in [0.2, 0.25) is 0 Å². The van der Waals surface area contributed by atoms with Crippen molar-refractivity contribution in [2.24, 2.45) is 0 Å². The highest BCUT2D eigenvalue weighted by Gasteiger charge is 2.38. The van der Waals surface area contributed by atoms with E-state index in [2.05, 4.69) is 14.7 Å². The Hall–Kier alpha value is -2.98. The van der Waals surface area contributed by atoms with Crippen molar-refractivity contribution in [3.8, 4) is 16.9 Å². The third kappa shape index (κ3) is 3.91. The molecule has 0 amide bonds. The van der Waals surface area contributed by atoms with Crippen LogP contribution in [0.1, 0.15) is 11.4 Å². The van der Waals surface area contributed by atoms with Gasteiger partial charge in [0.25, 0.3) is 5.56 Å². The molecule has 27 heavy (non-hydrogen) atoms. The summed E-state index contributed by atoms with van der Waals surface area (Å²) in [5.74, 6) is -0.463. The zero-order chi connectivity index (χ0) is 20.0. The average Bonchev–Trinajstić information content (AvgIpc) is 2.93. The molecule has 3 rings (SSSR count). The van der Waals surface area contributed by atoms with Crippen LogP contribution in [0, 0.1) is 6.92 Å². The molecule has 0 saturated heterocycles. The first-order chi connectivity index (χ1) is 12.5. The van der Waals surface area contributed by atoms with Gasteiger partial charge in [0.05, 0.1) is 5.56 Å². The van der Waals surface area contributed by atoms with Gasteiger partial charge in [-0.3, -0.25) is 9.20 Å². The maximum atomic E-state index is 13.4. The Morgan fingerprint density at radius 2 is 1.74 bits per heavy atom. The minimum Gasteiger partial charge on any atom is -0.484 e. The Bertz CT molecular complexity index is 1030. The van der Waals surface area contributed by atoms with Gasteiger partial charge < -0.3 is 9.72 Å². The summed E-state index contributed by atoms with van der Waals surface area (Å²) in [4.78, 5) is 18.6. The molecule has 0 spiro atoms. The van der Waals surface area contributed by atoms with Crippen LogP contribution in [0.15, 0.2) is 35.3 Å². The number of imidazole rings is 1. The van der Waals surface area contributed by atoms with E-state index in [1.807, 2.05) is 0 Å². The van der Waals surface area contributed by atoms with Crippen LogP contribution in [0.3, 0.4) is 0 Å². The molecule has 0 fully saturated rings. The lowest BCUT2D eigenvalue weighted by Crippen LogP contribution is -2.23. The predicted octanol–water partition coefficient (Wildman–Crippen LogP) is 3.96. The summed E-state index contributed by atoms with van der Waals surface area (Å²) in [6.07, 6.45) is -8.16. The largest absolute Gasteiger partial charge is 0.484 e. The molecular weight excluding hydrogens is 380 g/mol. The SMILES string of the molecule is Cc1cn2c(=O)c(-c3ccc(OCC(F)(F)F)cc3)c(C(F)(F)F)nc2[nH]1. The summed E-state index contributed by atoms with van der Waals surface area (Å²) in [6.45, 7) is 0.00673. The zero-order valence-corrected chi connectivity index (χ0v) is 13.6. The number of hydrogen-bond acceptors (Lipinski definition) is 3. The lowest BCUT2D eigenvalue weighted by atomic mass is 10.0. The number of H-pyrrole nitrogens is 1. The van der Waals surface area contributed by atoms with Crippen LogP contribution >= 0.6 is 0 Å². The molecule has 2 heterocycles. The molecule has 0 radical (unpaired) electrons. The number of benzene rings is 1. The maximum absolute atomic E-state index is 13.4. The predicted molar refractivity (Wildman–Crippen MR) is 82.5 cm³/mol. The number of nitrogens with zero attached hydrogens (tertiary/aromatic N) is 2. The number of hydrogen-bond donors (Lipinski definition) is 1. The Kier molecular flexibility index (Phi) is 4.40. The summed E-state index contributed by atoms with van der Waals surface area (Å²) < 4.78 is 82.2. The van der Waals surface area contributed by atoms with Crippen molar-refractivity contribution in [2.75, 3.05) is 6.61 Å². The summed E-state index contributed by atoms with van der Waals surface area (Å²) in [7, 11) is 0. The van der Waals surface area contributed by atoms with Gasteiger partial charge in [-0.25, -0.2) is 4.98 Å². The number of aryl methyl sites for hydroxylation is 1.